The maximum atomic E-state index is 13.4. The van der Waals surface area contributed by atoms with Crippen molar-refractivity contribution in [1.29, 1.82) is 0 Å². The molecule has 0 bridgehead atoms. The minimum atomic E-state index is -3.80. The summed E-state index contributed by atoms with van der Waals surface area (Å²) in [6, 6.07) is 6.72. The number of nitrogens with zero attached hydrogens (tertiary/aromatic N) is 4. The minimum Gasteiger partial charge on any atom is -0.495 e. The molecule has 8 nitrogen and oxygen atoms in total. The van der Waals surface area contributed by atoms with E-state index in [1.807, 2.05) is 0 Å². The third kappa shape index (κ3) is 3.00. The van der Waals surface area contributed by atoms with Crippen LogP contribution >= 0.6 is 0 Å². The largest absolute Gasteiger partial charge is 0.495 e. The number of amides is 1. The number of rotatable bonds is 4. The molecule has 2 aromatic rings. The first kappa shape index (κ1) is 18.0. The number of carbonyl (C=O) groups is 1. The Kier molecular flexibility index (Phi) is 4.43. The topological polar surface area (TPSA) is 84.7 Å². The van der Waals surface area contributed by atoms with Crippen LogP contribution in [0.3, 0.4) is 0 Å². The molecule has 27 heavy (non-hydrogen) atoms. The van der Waals surface area contributed by atoms with Crippen molar-refractivity contribution in [2.45, 2.75) is 11.3 Å². The molecule has 0 aliphatic carbocycles. The molecule has 0 spiro atoms. The Morgan fingerprint density at radius 1 is 1.26 bits per heavy atom. The highest BCUT2D eigenvalue weighted by Crippen LogP contribution is 2.37. The lowest BCUT2D eigenvalue weighted by atomic mass is 9.88. The van der Waals surface area contributed by atoms with Gasteiger partial charge in [0.25, 0.3) is 0 Å². The van der Waals surface area contributed by atoms with E-state index in [-0.39, 0.29) is 34.9 Å². The number of methoxy groups -OCH3 is 1. The molecule has 1 aromatic heterocycles. The number of piperidine rings is 1. The molecule has 2 aliphatic rings. The van der Waals surface area contributed by atoms with Crippen molar-refractivity contribution in [2.24, 2.45) is 11.8 Å². The summed E-state index contributed by atoms with van der Waals surface area (Å²) in [5.74, 6) is 0.119. The van der Waals surface area contributed by atoms with Crippen molar-refractivity contribution < 1.29 is 17.9 Å². The van der Waals surface area contributed by atoms with Crippen LogP contribution in [-0.4, -0.2) is 67.1 Å². The molecule has 144 valence electrons. The van der Waals surface area contributed by atoms with Crippen molar-refractivity contribution in [1.82, 2.24) is 19.0 Å². The Hall–Kier alpha value is -2.39. The number of hydrogen-bond acceptors (Lipinski definition) is 5. The summed E-state index contributed by atoms with van der Waals surface area (Å²) in [5.41, 5.74) is 0.631. The van der Waals surface area contributed by atoms with Gasteiger partial charge in [0.1, 0.15) is 10.6 Å². The predicted octanol–water partition coefficient (Wildman–Crippen LogP) is 0.980. The van der Waals surface area contributed by atoms with Gasteiger partial charge in [0.15, 0.2) is 0 Å². The number of fused-ring (bicyclic) bond motifs is 1. The number of carbonyl (C=O) groups excluding carboxylic acids is 1. The third-order valence-corrected chi connectivity index (χ3v) is 7.32. The minimum absolute atomic E-state index is 0.0289. The van der Waals surface area contributed by atoms with Crippen LogP contribution in [-0.2, 0) is 14.8 Å². The quantitative estimate of drug-likeness (QED) is 0.777. The molecule has 0 N–H and O–H groups in total. The maximum absolute atomic E-state index is 13.4. The smallest absolute Gasteiger partial charge is 0.246 e. The molecule has 0 saturated carbocycles. The van der Waals surface area contributed by atoms with E-state index >= 15 is 0 Å². The van der Waals surface area contributed by atoms with Crippen molar-refractivity contribution in [3.63, 3.8) is 0 Å². The van der Waals surface area contributed by atoms with Crippen LogP contribution in [0.1, 0.15) is 6.42 Å². The van der Waals surface area contributed by atoms with Crippen LogP contribution in [0.25, 0.3) is 5.69 Å². The average molecular weight is 390 g/mol. The van der Waals surface area contributed by atoms with E-state index in [4.69, 9.17) is 4.74 Å². The normalized spacial score (nSPS) is 23.5. The Balaban J connectivity index is 1.70. The van der Waals surface area contributed by atoms with Crippen LogP contribution in [0.2, 0.25) is 0 Å². The van der Waals surface area contributed by atoms with Gasteiger partial charge in [0.2, 0.25) is 15.9 Å². The summed E-state index contributed by atoms with van der Waals surface area (Å²) in [4.78, 5) is 14.2. The van der Waals surface area contributed by atoms with Gasteiger partial charge in [0.05, 0.1) is 18.7 Å². The number of ether oxygens (including phenoxy) is 1. The second kappa shape index (κ2) is 6.65. The maximum Gasteiger partial charge on any atom is 0.246 e. The Morgan fingerprint density at radius 2 is 2.07 bits per heavy atom. The lowest BCUT2D eigenvalue weighted by Crippen LogP contribution is -2.42. The highest BCUT2D eigenvalue weighted by atomic mass is 32.2. The fourth-order valence-corrected chi connectivity index (χ4v) is 5.62. The first-order valence-electron chi connectivity index (χ1n) is 8.85. The zero-order valence-electron chi connectivity index (χ0n) is 15.3. The SMILES string of the molecule is COc1ccc(-n2cccn2)cc1S(=O)(=O)N1C[C@H]2CCN(C)C(=O)[C@H]2C1. The van der Waals surface area contributed by atoms with Gasteiger partial charge < -0.3 is 9.64 Å². The summed E-state index contributed by atoms with van der Waals surface area (Å²) in [7, 11) is -0.579. The Morgan fingerprint density at radius 3 is 2.78 bits per heavy atom. The van der Waals surface area contributed by atoms with Crippen LogP contribution in [0.5, 0.6) is 5.75 Å². The van der Waals surface area contributed by atoms with E-state index in [1.54, 1.807) is 53.3 Å². The van der Waals surface area contributed by atoms with Crippen LogP contribution in [0.4, 0.5) is 0 Å². The molecule has 1 amide bonds. The van der Waals surface area contributed by atoms with Gasteiger partial charge in [-0.15, -0.1) is 0 Å². The monoisotopic (exact) mass is 390 g/mol. The number of sulfonamides is 1. The highest BCUT2D eigenvalue weighted by molar-refractivity contribution is 7.89. The lowest BCUT2D eigenvalue weighted by Gasteiger charge is -2.30. The van der Waals surface area contributed by atoms with Gasteiger partial charge in [0, 0.05) is 39.1 Å². The molecule has 9 heteroatoms. The average Bonchev–Trinajstić information content (AvgIpc) is 3.34. The molecule has 2 fully saturated rings. The van der Waals surface area contributed by atoms with E-state index < -0.39 is 10.0 Å². The zero-order valence-corrected chi connectivity index (χ0v) is 16.1. The zero-order chi connectivity index (χ0) is 19.2. The van der Waals surface area contributed by atoms with E-state index in [9.17, 15) is 13.2 Å². The van der Waals surface area contributed by atoms with Crippen molar-refractivity contribution in [2.75, 3.05) is 33.8 Å². The molecule has 3 heterocycles. The van der Waals surface area contributed by atoms with E-state index in [0.717, 1.165) is 6.42 Å². The third-order valence-electron chi connectivity index (χ3n) is 5.47. The molecular formula is C18H22N4O4S. The van der Waals surface area contributed by atoms with E-state index in [1.165, 1.54) is 11.4 Å². The van der Waals surface area contributed by atoms with Crippen molar-refractivity contribution in [3.05, 3.63) is 36.7 Å². The highest BCUT2D eigenvalue weighted by Gasteiger charge is 2.46. The predicted molar refractivity (Wildman–Crippen MR) is 98.1 cm³/mol. The standard InChI is InChI=1S/C18H22N4O4S/c1-20-9-6-13-11-21(12-15(13)18(20)23)27(24,25)17-10-14(4-5-16(17)26-2)22-8-3-7-19-22/h3-5,7-8,10,13,15H,6,9,11-12H2,1-2H3/t13-,15+/m1/s1. The summed E-state index contributed by atoms with van der Waals surface area (Å²) in [6.45, 7) is 1.25. The second-order valence-corrected chi connectivity index (χ2v) is 8.93. The van der Waals surface area contributed by atoms with Gasteiger partial charge in [-0.25, -0.2) is 13.1 Å². The van der Waals surface area contributed by atoms with Gasteiger partial charge >= 0.3 is 0 Å². The second-order valence-electron chi connectivity index (χ2n) is 7.02. The van der Waals surface area contributed by atoms with Crippen molar-refractivity contribution in [3.8, 4) is 11.4 Å². The molecule has 2 aliphatic heterocycles. The molecule has 0 radical (unpaired) electrons. The van der Waals surface area contributed by atoms with Crippen LogP contribution in [0.15, 0.2) is 41.6 Å². The molecule has 4 rings (SSSR count). The number of benzene rings is 1. The van der Waals surface area contributed by atoms with Gasteiger partial charge in [-0.05, 0) is 36.6 Å². The summed E-state index contributed by atoms with van der Waals surface area (Å²) in [5, 5.41) is 4.16. The van der Waals surface area contributed by atoms with E-state index in [0.29, 0.717) is 18.8 Å². The number of hydrogen-bond donors (Lipinski definition) is 0. The first-order valence-corrected chi connectivity index (χ1v) is 10.3. The molecule has 1 aromatic carbocycles. The Bertz CT molecular complexity index is 958. The van der Waals surface area contributed by atoms with Gasteiger partial charge in [-0.1, -0.05) is 0 Å². The van der Waals surface area contributed by atoms with Crippen LogP contribution in [0, 0.1) is 11.8 Å². The van der Waals surface area contributed by atoms with E-state index in [2.05, 4.69) is 5.10 Å². The fourth-order valence-electron chi connectivity index (χ4n) is 3.92. The summed E-state index contributed by atoms with van der Waals surface area (Å²) in [6.07, 6.45) is 4.20. The van der Waals surface area contributed by atoms with Gasteiger partial charge in [-0.2, -0.15) is 9.40 Å². The fraction of sp³-hybridized carbons (Fsp3) is 0.444. The first-order chi connectivity index (χ1) is 12.9. The molecular weight excluding hydrogens is 368 g/mol. The van der Waals surface area contributed by atoms with Crippen LogP contribution < -0.4 is 4.74 Å². The number of likely N-dealkylation sites (tertiary alicyclic amines) is 1. The lowest BCUT2D eigenvalue weighted by molar-refractivity contribution is -0.137. The summed E-state index contributed by atoms with van der Waals surface area (Å²) >= 11 is 0. The van der Waals surface area contributed by atoms with Crippen molar-refractivity contribution >= 4 is 15.9 Å². The summed E-state index contributed by atoms with van der Waals surface area (Å²) < 4.78 is 35.0. The Labute approximate surface area is 158 Å². The molecule has 2 saturated heterocycles. The number of aromatic nitrogens is 2. The molecule has 0 unspecified atom stereocenters. The molecule has 2 atom stereocenters. The van der Waals surface area contributed by atoms with Gasteiger partial charge in [-0.3, -0.25) is 4.79 Å².